The first-order valence-electron chi connectivity index (χ1n) is 10.5. The minimum Gasteiger partial charge on any atom is -0.490 e. The van der Waals surface area contributed by atoms with Crippen molar-refractivity contribution in [1.29, 1.82) is 5.26 Å². The van der Waals surface area contributed by atoms with Crippen LogP contribution in [-0.4, -0.2) is 16.6 Å². The smallest absolute Gasteiger partial charge is 0.180 e. The van der Waals surface area contributed by atoms with Gasteiger partial charge in [-0.15, -0.1) is 0 Å². The highest BCUT2D eigenvalue weighted by molar-refractivity contribution is 6.35. The largest absolute Gasteiger partial charge is 0.490 e. The molecule has 8 heteroatoms. The number of nitrogens with one attached hydrogen (secondary N) is 1. The molecule has 0 saturated heterocycles. The van der Waals surface area contributed by atoms with E-state index in [-0.39, 0.29) is 6.61 Å². The second-order valence-electron chi connectivity index (χ2n) is 7.56. The SMILES string of the molecule is CCOc1cc(/C=C(/C#N)c2nc3ccc(C)cc3[nH]2)cc(Cl)c1OCc1ccc(Cl)cc1Cl. The Balaban J connectivity index is 1.66. The quantitative estimate of drug-likeness (QED) is 0.256. The van der Waals surface area contributed by atoms with E-state index in [1.165, 1.54) is 0 Å². The van der Waals surface area contributed by atoms with Crippen LogP contribution in [0.25, 0.3) is 22.7 Å². The molecule has 3 aromatic carbocycles. The number of imidazole rings is 1. The molecule has 0 spiro atoms. The van der Waals surface area contributed by atoms with E-state index in [1.807, 2.05) is 32.0 Å². The van der Waals surface area contributed by atoms with Crippen LogP contribution in [0.1, 0.15) is 29.4 Å². The zero-order valence-corrected chi connectivity index (χ0v) is 20.7. The van der Waals surface area contributed by atoms with E-state index in [0.29, 0.717) is 50.1 Å². The van der Waals surface area contributed by atoms with Gasteiger partial charge in [0, 0.05) is 15.6 Å². The molecule has 0 radical (unpaired) electrons. The first-order valence-corrected chi connectivity index (χ1v) is 11.6. The predicted octanol–water partition coefficient (Wildman–Crippen LogP) is 7.87. The summed E-state index contributed by atoms with van der Waals surface area (Å²) in [5, 5.41) is 11.2. The highest BCUT2D eigenvalue weighted by Gasteiger charge is 2.15. The van der Waals surface area contributed by atoms with Crippen molar-refractivity contribution < 1.29 is 9.47 Å². The Kier molecular flexibility index (Phi) is 7.33. The normalized spacial score (nSPS) is 11.5. The van der Waals surface area contributed by atoms with Crippen molar-refractivity contribution in [3.8, 4) is 17.6 Å². The molecule has 0 saturated carbocycles. The Morgan fingerprint density at radius 2 is 1.88 bits per heavy atom. The summed E-state index contributed by atoms with van der Waals surface area (Å²) in [5.41, 5.74) is 4.58. The number of nitrogens with zero attached hydrogens (tertiary/aromatic N) is 2. The molecule has 0 aliphatic heterocycles. The molecule has 1 heterocycles. The molecular weight excluding hydrogens is 493 g/mol. The summed E-state index contributed by atoms with van der Waals surface area (Å²) in [4.78, 5) is 7.75. The highest BCUT2D eigenvalue weighted by atomic mass is 35.5. The van der Waals surface area contributed by atoms with Gasteiger partial charge in [-0.05, 0) is 67.4 Å². The van der Waals surface area contributed by atoms with Gasteiger partial charge in [-0.25, -0.2) is 4.98 Å². The number of hydrogen-bond donors (Lipinski definition) is 1. The molecule has 1 aromatic heterocycles. The number of aromatic amines is 1. The average molecular weight is 513 g/mol. The third kappa shape index (κ3) is 5.31. The monoisotopic (exact) mass is 511 g/mol. The summed E-state index contributed by atoms with van der Waals surface area (Å²) in [6, 6.07) is 16.8. The zero-order chi connectivity index (χ0) is 24.2. The van der Waals surface area contributed by atoms with Gasteiger partial charge in [-0.2, -0.15) is 5.26 Å². The lowest BCUT2D eigenvalue weighted by Gasteiger charge is -2.15. The van der Waals surface area contributed by atoms with E-state index in [0.717, 1.165) is 22.2 Å². The van der Waals surface area contributed by atoms with E-state index in [1.54, 1.807) is 36.4 Å². The summed E-state index contributed by atoms with van der Waals surface area (Å²) in [5.74, 6) is 1.34. The van der Waals surface area contributed by atoms with Gasteiger partial charge in [-0.1, -0.05) is 46.9 Å². The van der Waals surface area contributed by atoms with E-state index in [2.05, 4.69) is 16.0 Å². The highest BCUT2D eigenvalue weighted by Crippen LogP contribution is 2.38. The summed E-state index contributed by atoms with van der Waals surface area (Å²) in [6.07, 6.45) is 1.71. The Labute approximate surface area is 212 Å². The molecule has 34 heavy (non-hydrogen) atoms. The first-order chi connectivity index (χ1) is 16.4. The number of nitriles is 1. The number of allylic oxidation sites excluding steroid dienone is 1. The number of fused-ring (bicyclic) bond motifs is 1. The topological polar surface area (TPSA) is 70.9 Å². The average Bonchev–Trinajstić information content (AvgIpc) is 3.21. The number of hydrogen-bond acceptors (Lipinski definition) is 4. The van der Waals surface area contributed by atoms with Crippen LogP contribution >= 0.6 is 34.8 Å². The van der Waals surface area contributed by atoms with Crippen LogP contribution in [0, 0.1) is 18.3 Å². The molecule has 0 aliphatic carbocycles. The van der Waals surface area contributed by atoms with Gasteiger partial charge in [0.15, 0.2) is 11.5 Å². The maximum Gasteiger partial charge on any atom is 0.180 e. The minimum absolute atomic E-state index is 0.187. The summed E-state index contributed by atoms with van der Waals surface area (Å²) >= 11 is 18.8. The lowest BCUT2D eigenvalue weighted by atomic mass is 10.1. The number of ether oxygens (including phenoxy) is 2. The van der Waals surface area contributed by atoms with Crippen molar-refractivity contribution >= 4 is 57.5 Å². The van der Waals surface area contributed by atoms with Crippen LogP contribution in [0.2, 0.25) is 15.1 Å². The third-order valence-electron chi connectivity index (χ3n) is 5.04. The number of rotatable bonds is 7. The van der Waals surface area contributed by atoms with E-state index >= 15 is 0 Å². The van der Waals surface area contributed by atoms with Gasteiger partial charge >= 0.3 is 0 Å². The fourth-order valence-electron chi connectivity index (χ4n) is 3.43. The van der Waals surface area contributed by atoms with Crippen molar-refractivity contribution in [3.05, 3.63) is 86.1 Å². The van der Waals surface area contributed by atoms with Crippen LogP contribution in [0.3, 0.4) is 0 Å². The molecule has 0 amide bonds. The molecule has 0 fully saturated rings. The number of aryl methyl sites for hydroxylation is 1. The van der Waals surface area contributed by atoms with Crippen molar-refractivity contribution in [1.82, 2.24) is 9.97 Å². The lowest BCUT2D eigenvalue weighted by molar-refractivity contribution is 0.269. The van der Waals surface area contributed by atoms with Gasteiger partial charge < -0.3 is 14.5 Å². The molecule has 1 N–H and O–H groups in total. The maximum atomic E-state index is 9.78. The second-order valence-corrected chi connectivity index (χ2v) is 8.81. The summed E-state index contributed by atoms with van der Waals surface area (Å²) in [6.45, 7) is 4.47. The van der Waals surface area contributed by atoms with E-state index in [9.17, 15) is 5.26 Å². The van der Waals surface area contributed by atoms with Gasteiger partial charge in [-0.3, -0.25) is 0 Å². The molecule has 0 unspecified atom stereocenters. The second kappa shape index (κ2) is 10.4. The van der Waals surface area contributed by atoms with Crippen LogP contribution in [0.15, 0.2) is 48.5 Å². The Morgan fingerprint density at radius 3 is 2.62 bits per heavy atom. The first kappa shape index (κ1) is 24.0. The molecule has 0 atom stereocenters. The third-order valence-corrected chi connectivity index (χ3v) is 5.91. The Bertz CT molecular complexity index is 1440. The Hall–Kier alpha value is -3.17. The fraction of sp³-hybridized carbons (Fsp3) is 0.154. The fourth-order valence-corrected chi connectivity index (χ4v) is 4.17. The van der Waals surface area contributed by atoms with Crippen LogP contribution in [0.5, 0.6) is 11.5 Å². The van der Waals surface area contributed by atoms with Gasteiger partial charge in [0.25, 0.3) is 0 Å². The molecule has 4 aromatic rings. The minimum atomic E-state index is 0.187. The number of H-pyrrole nitrogens is 1. The number of halogens is 3. The molecule has 172 valence electrons. The lowest BCUT2D eigenvalue weighted by Crippen LogP contribution is -2.01. The standard InChI is InChI=1S/C26H20Cl3N3O2/c1-3-33-24-11-16(9-18(13-30)26-31-22-7-4-15(2)8-23(22)32-26)10-21(29)25(24)34-14-17-5-6-19(27)12-20(17)28/h4-12H,3,14H2,1-2H3,(H,31,32)/b18-9-. The van der Waals surface area contributed by atoms with Crippen LogP contribution in [-0.2, 0) is 6.61 Å². The summed E-state index contributed by atoms with van der Waals surface area (Å²) < 4.78 is 11.7. The molecular formula is C26H20Cl3N3O2. The van der Waals surface area contributed by atoms with Gasteiger partial charge in [0.1, 0.15) is 18.5 Å². The Morgan fingerprint density at radius 1 is 1.06 bits per heavy atom. The van der Waals surface area contributed by atoms with Gasteiger partial charge in [0.2, 0.25) is 0 Å². The predicted molar refractivity (Wildman–Crippen MR) is 138 cm³/mol. The number of benzene rings is 3. The molecule has 0 bridgehead atoms. The summed E-state index contributed by atoms with van der Waals surface area (Å²) in [7, 11) is 0. The van der Waals surface area contributed by atoms with E-state index in [4.69, 9.17) is 44.3 Å². The number of aromatic nitrogens is 2. The van der Waals surface area contributed by atoms with Crippen molar-refractivity contribution in [2.75, 3.05) is 6.61 Å². The van der Waals surface area contributed by atoms with Crippen molar-refractivity contribution in [3.63, 3.8) is 0 Å². The zero-order valence-electron chi connectivity index (χ0n) is 18.5. The molecule has 4 rings (SSSR count). The molecule has 5 nitrogen and oxygen atoms in total. The van der Waals surface area contributed by atoms with E-state index < -0.39 is 0 Å². The van der Waals surface area contributed by atoms with Crippen molar-refractivity contribution in [2.45, 2.75) is 20.5 Å². The molecule has 0 aliphatic rings. The maximum absolute atomic E-state index is 9.78. The van der Waals surface area contributed by atoms with Gasteiger partial charge in [0.05, 0.1) is 28.2 Å². The van der Waals surface area contributed by atoms with Crippen LogP contribution < -0.4 is 9.47 Å². The van der Waals surface area contributed by atoms with Crippen LogP contribution in [0.4, 0.5) is 0 Å². The van der Waals surface area contributed by atoms with Crippen molar-refractivity contribution in [2.24, 2.45) is 0 Å².